The molecule has 2 aromatic heterocycles. The highest BCUT2D eigenvalue weighted by Crippen LogP contribution is 2.27. The van der Waals surface area contributed by atoms with Gasteiger partial charge in [0, 0.05) is 10.4 Å². The Balaban J connectivity index is 1.78. The van der Waals surface area contributed by atoms with E-state index >= 15 is 0 Å². The molecule has 0 aliphatic rings. The highest BCUT2D eigenvalue weighted by atomic mass is 32.1. The SMILES string of the molecule is COC(=O)c1nc(NC(=O)c2ccc(-n3nnnc3C)cc2)sc1CC(C)C. The van der Waals surface area contributed by atoms with E-state index in [-0.39, 0.29) is 11.6 Å². The van der Waals surface area contributed by atoms with Gasteiger partial charge >= 0.3 is 5.97 Å². The summed E-state index contributed by atoms with van der Waals surface area (Å²) in [6.45, 7) is 5.89. The number of thiazole rings is 1. The summed E-state index contributed by atoms with van der Waals surface area (Å²) in [5, 5.41) is 14.4. The number of hydrogen-bond donors (Lipinski definition) is 1. The third-order valence-electron chi connectivity index (χ3n) is 3.89. The number of hydrogen-bond acceptors (Lipinski definition) is 8. The number of aromatic nitrogens is 5. The maximum Gasteiger partial charge on any atom is 0.357 e. The van der Waals surface area contributed by atoms with Gasteiger partial charge in [0.2, 0.25) is 0 Å². The van der Waals surface area contributed by atoms with E-state index in [0.29, 0.717) is 28.9 Å². The third kappa shape index (κ3) is 4.22. The molecule has 28 heavy (non-hydrogen) atoms. The lowest BCUT2D eigenvalue weighted by Gasteiger charge is -2.04. The fraction of sp³-hybridized carbons (Fsp3) is 0.333. The minimum atomic E-state index is -0.506. The Morgan fingerprint density at radius 1 is 1.25 bits per heavy atom. The average molecular weight is 400 g/mol. The smallest absolute Gasteiger partial charge is 0.357 e. The van der Waals surface area contributed by atoms with Crippen LogP contribution in [0.1, 0.15) is 45.4 Å². The molecule has 1 aromatic carbocycles. The van der Waals surface area contributed by atoms with Crippen molar-refractivity contribution in [2.45, 2.75) is 27.2 Å². The summed E-state index contributed by atoms with van der Waals surface area (Å²) in [7, 11) is 1.31. The molecular weight excluding hydrogens is 380 g/mol. The van der Waals surface area contributed by atoms with Crippen molar-refractivity contribution in [3.05, 3.63) is 46.2 Å². The van der Waals surface area contributed by atoms with Gasteiger partial charge < -0.3 is 4.74 Å². The quantitative estimate of drug-likeness (QED) is 0.633. The molecule has 0 bridgehead atoms. The average Bonchev–Trinajstić information content (AvgIpc) is 3.26. The number of amides is 1. The topological polar surface area (TPSA) is 112 Å². The fourth-order valence-electron chi connectivity index (χ4n) is 2.56. The van der Waals surface area contributed by atoms with Crippen LogP contribution in [0.15, 0.2) is 24.3 Å². The molecule has 1 N–H and O–H groups in total. The molecule has 1 amide bonds. The van der Waals surface area contributed by atoms with E-state index in [1.54, 1.807) is 35.9 Å². The number of aryl methyl sites for hydroxylation is 1. The van der Waals surface area contributed by atoms with Crippen molar-refractivity contribution in [2.24, 2.45) is 5.92 Å². The zero-order chi connectivity index (χ0) is 20.3. The van der Waals surface area contributed by atoms with Crippen molar-refractivity contribution < 1.29 is 14.3 Å². The molecule has 0 radical (unpaired) electrons. The van der Waals surface area contributed by atoms with Gasteiger partial charge in [-0.1, -0.05) is 13.8 Å². The number of esters is 1. The highest BCUT2D eigenvalue weighted by Gasteiger charge is 2.21. The second kappa shape index (κ2) is 8.26. The first kappa shape index (κ1) is 19.6. The number of nitrogens with zero attached hydrogens (tertiary/aromatic N) is 5. The minimum absolute atomic E-state index is 0.251. The van der Waals surface area contributed by atoms with E-state index in [9.17, 15) is 9.59 Å². The number of nitrogens with one attached hydrogen (secondary N) is 1. The fourth-order valence-corrected chi connectivity index (χ4v) is 3.72. The summed E-state index contributed by atoms with van der Waals surface area (Å²) in [4.78, 5) is 29.6. The second-order valence-corrected chi connectivity index (χ2v) is 7.60. The molecule has 0 atom stereocenters. The maximum atomic E-state index is 12.6. The maximum absolute atomic E-state index is 12.6. The van der Waals surface area contributed by atoms with Crippen LogP contribution in [0.2, 0.25) is 0 Å². The molecule has 0 fully saturated rings. The number of methoxy groups -OCH3 is 1. The third-order valence-corrected chi connectivity index (χ3v) is 4.88. The number of ether oxygens (including phenoxy) is 1. The molecule has 0 aliphatic heterocycles. The molecule has 9 nitrogen and oxygen atoms in total. The second-order valence-electron chi connectivity index (χ2n) is 6.52. The van der Waals surface area contributed by atoms with Crippen LogP contribution < -0.4 is 5.32 Å². The van der Waals surface area contributed by atoms with E-state index in [2.05, 4.69) is 25.8 Å². The van der Waals surface area contributed by atoms with Gasteiger partial charge in [-0.25, -0.2) is 9.78 Å². The number of carbonyl (C=O) groups is 2. The summed E-state index contributed by atoms with van der Waals surface area (Å²) >= 11 is 1.28. The van der Waals surface area contributed by atoms with E-state index < -0.39 is 5.97 Å². The van der Waals surface area contributed by atoms with Crippen LogP contribution in [0, 0.1) is 12.8 Å². The van der Waals surface area contributed by atoms with E-state index in [1.165, 1.54) is 18.4 Å². The first-order chi connectivity index (χ1) is 13.4. The molecule has 0 saturated heterocycles. The zero-order valence-corrected chi connectivity index (χ0v) is 16.8. The zero-order valence-electron chi connectivity index (χ0n) is 16.0. The summed E-state index contributed by atoms with van der Waals surface area (Å²) in [5.74, 6) is 0.164. The molecule has 146 valence electrons. The number of anilines is 1. The van der Waals surface area contributed by atoms with Crippen molar-refractivity contribution in [3.63, 3.8) is 0 Å². The lowest BCUT2D eigenvalue weighted by molar-refractivity contribution is 0.0593. The number of benzene rings is 1. The molecule has 3 rings (SSSR count). The largest absolute Gasteiger partial charge is 0.464 e. The van der Waals surface area contributed by atoms with Gasteiger partial charge in [-0.3, -0.25) is 10.1 Å². The van der Waals surface area contributed by atoms with Gasteiger partial charge in [-0.05, 0) is 54.0 Å². The van der Waals surface area contributed by atoms with Gasteiger partial charge in [0.25, 0.3) is 5.91 Å². The molecular formula is C18H20N6O3S. The van der Waals surface area contributed by atoms with Gasteiger partial charge in [0.1, 0.15) is 0 Å². The standard InChI is InChI=1S/C18H20N6O3S/c1-10(2)9-14-15(17(26)27-4)19-18(28-14)20-16(25)12-5-7-13(8-6-12)24-11(3)21-22-23-24/h5-8,10H,9H2,1-4H3,(H,19,20,25). The van der Waals surface area contributed by atoms with Crippen LogP contribution in [0.3, 0.4) is 0 Å². The monoisotopic (exact) mass is 400 g/mol. The van der Waals surface area contributed by atoms with Crippen molar-refractivity contribution in [1.29, 1.82) is 0 Å². The Hall–Kier alpha value is -3.14. The highest BCUT2D eigenvalue weighted by molar-refractivity contribution is 7.16. The van der Waals surface area contributed by atoms with Crippen molar-refractivity contribution in [3.8, 4) is 5.69 Å². The van der Waals surface area contributed by atoms with E-state index in [1.807, 2.05) is 13.8 Å². The summed E-state index contributed by atoms with van der Waals surface area (Å²) in [6, 6.07) is 6.86. The van der Waals surface area contributed by atoms with Crippen LogP contribution in [0.5, 0.6) is 0 Å². The van der Waals surface area contributed by atoms with Crippen LogP contribution in [0.25, 0.3) is 5.69 Å². The van der Waals surface area contributed by atoms with E-state index in [4.69, 9.17) is 4.74 Å². The lowest BCUT2D eigenvalue weighted by atomic mass is 10.1. The lowest BCUT2D eigenvalue weighted by Crippen LogP contribution is -2.12. The predicted molar refractivity (Wildman–Crippen MR) is 104 cm³/mol. The Morgan fingerprint density at radius 3 is 2.54 bits per heavy atom. The number of tetrazole rings is 1. The Bertz CT molecular complexity index is 993. The predicted octanol–water partition coefficient (Wildman–Crippen LogP) is 2.66. The number of carbonyl (C=O) groups excluding carboxylic acids is 2. The van der Waals surface area contributed by atoms with Gasteiger partial charge in [0.15, 0.2) is 16.6 Å². The number of rotatable bonds is 6. The Labute approximate surface area is 165 Å². The van der Waals surface area contributed by atoms with Gasteiger partial charge in [-0.15, -0.1) is 16.4 Å². The van der Waals surface area contributed by atoms with Crippen molar-refractivity contribution in [1.82, 2.24) is 25.2 Å². The molecule has 0 spiro atoms. The van der Waals surface area contributed by atoms with Crippen LogP contribution in [-0.4, -0.2) is 44.2 Å². The molecule has 0 aliphatic carbocycles. The van der Waals surface area contributed by atoms with Crippen LogP contribution >= 0.6 is 11.3 Å². The molecule has 0 saturated carbocycles. The summed E-state index contributed by atoms with van der Waals surface area (Å²) < 4.78 is 6.37. The van der Waals surface area contributed by atoms with Crippen molar-refractivity contribution in [2.75, 3.05) is 12.4 Å². The normalized spacial score (nSPS) is 10.9. The Morgan fingerprint density at radius 2 is 1.96 bits per heavy atom. The molecule has 2 heterocycles. The molecule has 3 aromatic rings. The first-order valence-corrected chi connectivity index (χ1v) is 9.45. The van der Waals surface area contributed by atoms with Gasteiger partial charge in [0.05, 0.1) is 12.8 Å². The van der Waals surface area contributed by atoms with Crippen LogP contribution in [-0.2, 0) is 11.2 Å². The first-order valence-electron chi connectivity index (χ1n) is 8.63. The molecule has 0 unspecified atom stereocenters. The van der Waals surface area contributed by atoms with Crippen molar-refractivity contribution >= 4 is 28.3 Å². The van der Waals surface area contributed by atoms with E-state index in [0.717, 1.165) is 10.6 Å². The van der Waals surface area contributed by atoms with Crippen LogP contribution in [0.4, 0.5) is 5.13 Å². The van der Waals surface area contributed by atoms with Gasteiger partial charge in [-0.2, -0.15) is 4.68 Å². The molecule has 10 heteroatoms. The summed E-state index contributed by atoms with van der Waals surface area (Å²) in [5.41, 5.74) is 1.45. The summed E-state index contributed by atoms with van der Waals surface area (Å²) in [6.07, 6.45) is 0.679. The Kier molecular flexibility index (Phi) is 5.78. The minimum Gasteiger partial charge on any atom is -0.464 e.